The van der Waals surface area contributed by atoms with E-state index in [2.05, 4.69) is 9.88 Å². The van der Waals surface area contributed by atoms with Gasteiger partial charge in [-0.05, 0) is 43.3 Å². The van der Waals surface area contributed by atoms with Gasteiger partial charge in [0.05, 0.1) is 27.0 Å². The number of methoxy groups -OCH3 is 3. The lowest BCUT2D eigenvalue weighted by Gasteiger charge is -2.33. The first-order valence-electron chi connectivity index (χ1n) is 10.9. The van der Waals surface area contributed by atoms with E-state index in [-0.39, 0.29) is 4.90 Å². The fourth-order valence-corrected chi connectivity index (χ4v) is 5.49. The second-order valence-corrected chi connectivity index (χ2v) is 9.85. The Balaban J connectivity index is 1.43. The van der Waals surface area contributed by atoms with Gasteiger partial charge in [-0.1, -0.05) is 0 Å². The monoisotopic (exact) mass is 487 g/mol. The van der Waals surface area contributed by atoms with Crippen LogP contribution in [-0.2, 0) is 16.6 Å². The highest BCUT2D eigenvalue weighted by molar-refractivity contribution is 7.89. The molecule has 0 unspecified atom stereocenters. The molecule has 3 aromatic rings. The van der Waals surface area contributed by atoms with Crippen molar-refractivity contribution in [3.05, 3.63) is 53.9 Å². The maximum Gasteiger partial charge on any atom is 0.246 e. The second-order valence-electron chi connectivity index (χ2n) is 7.95. The van der Waals surface area contributed by atoms with Gasteiger partial charge < -0.3 is 18.6 Å². The number of hydrogen-bond acceptors (Lipinski definition) is 8. The highest BCUT2D eigenvalue weighted by atomic mass is 32.2. The zero-order valence-electron chi connectivity index (χ0n) is 19.8. The molecule has 0 N–H and O–H groups in total. The Kier molecular flexibility index (Phi) is 7.11. The van der Waals surface area contributed by atoms with Crippen LogP contribution in [-0.4, -0.2) is 70.1 Å². The summed E-state index contributed by atoms with van der Waals surface area (Å²) in [6, 6.07) is 12.3. The summed E-state index contributed by atoms with van der Waals surface area (Å²) in [7, 11) is 0.864. The number of aromatic nitrogens is 1. The highest BCUT2D eigenvalue weighted by Crippen LogP contribution is 2.31. The quantitative estimate of drug-likeness (QED) is 0.478. The Bertz CT molecular complexity index is 1230. The van der Waals surface area contributed by atoms with Crippen molar-refractivity contribution in [1.29, 1.82) is 0 Å². The van der Waals surface area contributed by atoms with Crippen LogP contribution in [0.5, 0.6) is 17.2 Å². The van der Waals surface area contributed by atoms with E-state index < -0.39 is 10.0 Å². The normalized spacial score (nSPS) is 15.3. The van der Waals surface area contributed by atoms with Crippen molar-refractivity contribution in [2.24, 2.45) is 0 Å². The first-order chi connectivity index (χ1) is 16.3. The van der Waals surface area contributed by atoms with Gasteiger partial charge in [0.25, 0.3) is 0 Å². The fourth-order valence-electron chi connectivity index (χ4n) is 3.90. The van der Waals surface area contributed by atoms with Crippen LogP contribution in [0.1, 0.15) is 11.5 Å². The molecule has 4 rings (SSSR count). The molecule has 0 saturated carbocycles. The maximum absolute atomic E-state index is 13.3. The standard InChI is InChI=1S/C24H29N3O6S/c1-17-21(25-24(33-17)18-5-7-19(30-2)8-6-18)16-26-11-13-27(14-12-26)34(28,29)23-15-20(31-3)9-10-22(23)32-4/h5-10,15H,11-14,16H2,1-4H3. The zero-order valence-corrected chi connectivity index (χ0v) is 20.6. The lowest BCUT2D eigenvalue weighted by Crippen LogP contribution is -2.48. The van der Waals surface area contributed by atoms with Crippen LogP contribution in [0, 0.1) is 6.92 Å². The second kappa shape index (κ2) is 10.0. The molecule has 0 amide bonds. The first kappa shape index (κ1) is 24.1. The van der Waals surface area contributed by atoms with Crippen LogP contribution < -0.4 is 14.2 Å². The minimum absolute atomic E-state index is 0.110. The van der Waals surface area contributed by atoms with Crippen LogP contribution in [0.15, 0.2) is 51.8 Å². The molecule has 0 spiro atoms. The number of hydrogen-bond donors (Lipinski definition) is 0. The molecule has 1 aliphatic heterocycles. The summed E-state index contributed by atoms with van der Waals surface area (Å²) in [5, 5.41) is 0. The molecule has 0 radical (unpaired) electrons. The third kappa shape index (κ3) is 4.89. The van der Waals surface area contributed by atoms with Crippen LogP contribution in [0.4, 0.5) is 0 Å². The van der Waals surface area contributed by atoms with E-state index >= 15 is 0 Å². The Morgan fingerprint density at radius 3 is 2.18 bits per heavy atom. The number of aryl methyl sites for hydroxylation is 1. The van der Waals surface area contributed by atoms with Crippen molar-refractivity contribution >= 4 is 10.0 Å². The van der Waals surface area contributed by atoms with Crippen molar-refractivity contribution in [3.8, 4) is 28.7 Å². The summed E-state index contributed by atoms with van der Waals surface area (Å²) in [5.74, 6) is 2.84. The molecule has 34 heavy (non-hydrogen) atoms. The van der Waals surface area contributed by atoms with Crippen LogP contribution in [0.2, 0.25) is 0 Å². The molecular formula is C24H29N3O6S. The van der Waals surface area contributed by atoms with Gasteiger partial charge in [0.1, 0.15) is 27.9 Å². The molecule has 0 bridgehead atoms. The summed E-state index contributed by atoms with van der Waals surface area (Å²) in [5.41, 5.74) is 1.72. The van der Waals surface area contributed by atoms with Gasteiger partial charge in [0, 0.05) is 44.4 Å². The summed E-state index contributed by atoms with van der Waals surface area (Å²) < 4.78 is 49.7. The molecule has 0 atom stereocenters. The largest absolute Gasteiger partial charge is 0.497 e. The summed E-state index contributed by atoms with van der Waals surface area (Å²) in [6.07, 6.45) is 0. The maximum atomic E-state index is 13.3. The number of benzene rings is 2. The lowest BCUT2D eigenvalue weighted by molar-refractivity contribution is 0.179. The van der Waals surface area contributed by atoms with Gasteiger partial charge in [-0.3, -0.25) is 4.90 Å². The highest BCUT2D eigenvalue weighted by Gasteiger charge is 2.31. The average Bonchev–Trinajstić information content (AvgIpc) is 3.23. The van der Waals surface area contributed by atoms with E-state index in [0.29, 0.717) is 50.1 Å². The fraction of sp³-hybridized carbons (Fsp3) is 0.375. The van der Waals surface area contributed by atoms with E-state index in [1.54, 1.807) is 19.2 Å². The minimum Gasteiger partial charge on any atom is -0.497 e. The average molecular weight is 488 g/mol. The molecule has 1 fully saturated rings. The van der Waals surface area contributed by atoms with E-state index in [0.717, 1.165) is 22.8 Å². The summed E-state index contributed by atoms with van der Waals surface area (Å²) in [4.78, 5) is 6.96. The van der Waals surface area contributed by atoms with Gasteiger partial charge in [-0.15, -0.1) is 0 Å². The van der Waals surface area contributed by atoms with Crippen LogP contribution >= 0.6 is 0 Å². The van der Waals surface area contributed by atoms with E-state index in [1.807, 2.05) is 31.2 Å². The summed E-state index contributed by atoms with van der Waals surface area (Å²) >= 11 is 0. The zero-order chi connectivity index (χ0) is 24.3. The van der Waals surface area contributed by atoms with Crippen molar-refractivity contribution in [2.75, 3.05) is 47.5 Å². The first-order valence-corrected chi connectivity index (χ1v) is 12.3. The number of sulfonamides is 1. The van der Waals surface area contributed by atoms with Crippen molar-refractivity contribution < 1.29 is 27.0 Å². The molecule has 1 aromatic heterocycles. The van der Waals surface area contributed by atoms with Gasteiger partial charge in [-0.2, -0.15) is 4.31 Å². The predicted molar refractivity (Wildman–Crippen MR) is 127 cm³/mol. The molecule has 2 aromatic carbocycles. The molecule has 0 aliphatic carbocycles. The van der Waals surface area contributed by atoms with Gasteiger partial charge >= 0.3 is 0 Å². The molecule has 9 nitrogen and oxygen atoms in total. The SMILES string of the molecule is COc1ccc(-c2nc(CN3CCN(S(=O)(=O)c4cc(OC)ccc4OC)CC3)c(C)o2)cc1. The minimum atomic E-state index is -3.72. The number of piperazine rings is 1. The molecule has 1 saturated heterocycles. The molecular weight excluding hydrogens is 458 g/mol. The number of rotatable bonds is 8. The molecule has 1 aliphatic rings. The Hall–Kier alpha value is -3.08. The number of nitrogens with zero attached hydrogens (tertiary/aromatic N) is 3. The van der Waals surface area contributed by atoms with Gasteiger partial charge in [0.15, 0.2) is 0 Å². The third-order valence-electron chi connectivity index (χ3n) is 5.92. The molecule has 182 valence electrons. The van der Waals surface area contributed by atoms with Crippen molar-refractivity contribution in [1.82, 2.24) is 14.2 Å². The lowest BCUT2D eigenvalue weighted by atomic mass is 10.2. The molecule has 2 heterocycles. The van der Waals surface area contributed by atoms with Gasteiger partial charge in [-0.25, -0.2) is 13.4 Å². The topological polar surface area (TPSA) is 94.3 Å². The van der Waals surface area contributed by atoms with Crippen LogP contribution in [0.3, 0.4) is 0 Å². The number of ether oxygens (including phenoxy) is 3. The number of oxazole rings is 1. The smallest absolute Gasteiger partial charge is 0.246 e. The van der Waals surface area contributed by atoms with E-state index in [4.69, 9.17) is 18.6 Å². The Labute approximate surface area is 199 Å². The van der Waals surface area contributed by atoms with Gasteiger partial charge in [0.2, 0.25) is 15.9 Å². The molecule has 10 heteroatoms. The van der Waals surface area contributed by atoms with Crippen molar-refractivity contribution in [3.63, 3.8) is 0 Å². The predicted octanol–water partition coefficient (Wildman–Crippen LogP) is 3.18. The van der Waals surface area contributed by atoms with E-state index in [9.17, 15) is 8.42 Å². The summed E-state index contributed by atoms with van der Waals surface area (Å²) in [6.45, 7) is 4.37. The van der Waals surface area contributed by atoms with E-state index in [1.165, 1.54) is 24.6 Å². The Morgan fingerprint density at radius 2 is 1.56 bits per heavy atom. The van der Waals surface area contributed by atoms with Crippen molar-refractivity contribution in [2.45, 2.75) is 18.4 Å². The third-order valence-corrected chi connectivity index (χ3v) is 7.84. The van der Waals surface area contributed by atoms with Crippen LogP contribution in [0.25, 0.3) is 11.5 Å². The Morgan fingerprint density at radius 1 is 0.912 bits per heavy atom.